The minimum atomic E-state index is -4.40. The van der Waals surface area contributed by atoms with E-state index in [1.54, 1.807) is 41.1 Å². The number of carbonyl (C=O) groups excluding carboxylic acids is 2. The quantitative estimate of drug-likeness (QED) is 0.489. The molecule has 0 aliphatic rings. The molecule has 0 saturated heterocycles. The average molecular weight is 373 g/mol. The second kappa shape index (κ2) is 7.11. The Morgan fingerprint density at radius 2 is 1.63 bits per heavy atom. The van der Waals surface area contributed by atoms with Gasteiger partial charge in [-0.1, -0.05) is 12.1 Å². The SMILES string of the molecule is COC(=O)c1ccc(-n2cc(-c3ccc(C(F)(F)F)cc3)cc2C=O)cc1. The number of alkyl halides is 3. The van der Waals surface area contributed by atoms with E-state index in [1.807, 2.05) is 0 Å². The third kappa shape index (κ3) is 3.76. The van der Waals surface area contributed by atoms with Crippen LogP contribution in [-0.4, -0.2) is 23.9 Å². The number of benzene rings is 2. The summed E-state index contributed by atoms with van der Waals surface area (Å²) in [6.07, 6.45) is -2.10. The van der Waals surface area contributed by atoms with Crippen LogP contribution in [0.25, 0.3) is 16.8 Å². The summed E-state index contributed by atoms with van der Waals surface area (Å²) in [6.45, 7) is 0. The van der Waals surface area contributed by atoms with Crippen molar-refractivity contribution in [2.24, 2.45) is 0 Å². The lowest BCUT2D eigenvalue weighted by atomic mass is 10.1. The molecule has 27 heavy (non-hydrogen) atoms. The molecule has 0 saturated carbocycles. The van der Waals surface area contributed by atoms with Crippen molar-refractivity contribution in [1.82, 2.24) is 4.57 Å². The van der Waals surface area contributed by atoms with Crippen LogP contribution < -0.4 is 0 Å². The van der Waals surface area contributed by atoms with Gasteiger partial charge in [0.15, 0.2) is 6.29 Å². The fourth-order valence-corrected chi connectivity index (χ4v) is 2.68. The van der Waals surface area contributed by atoms with Gasteiger partial charge in [-0.2, -0.15) is 13.2 Å². The first-order valence-electron chi connectivity index (χ1n) is 7.87. The van der Waals surface area contributed by atoms with Gasteiger partial charge < -0.3 is 9.30 Å². The van der Waals surface area contributed by atoms with Crippen LogP contribution in [0.4, 0.5) is 13.2 Å². The maximum Gasteiger partial charge on any atom is 0.416 e. The summed E-state index contributed by atoms with van der Waals surface area (Å²) in [7, 11) is 1.28. The molecule has 3 aromatic rings. The second-order valence-corrected chi connectivity index (χ2v) is 5.76. The highest BCUT2D eigenvalue weighted by Gasteiger charge is 2.30. The Kier molecular flexibility index (Phi) is 4.85. The van der Waals surface area contributed by atoms with E-state index in [9.17, 15) is 22.8 Å². The number of ether oxygens (including phenoxy) is 1. The lowest BCUT2D eigenvalue weighted by Gasteiger charge is -2.07. The number of carbonyl (C=O) groups is 2. The first-order chi connectivity index (χ1) is 12.8. The monoisotopic (exact) mass is 373 g/mol. The molecule has 7 heteroatoms. The first kappa shape index (κ1) is 18.4. The summed E-state index contributed by atoms with van der Waals surface area (Å²) in [5.74, 6) is -0.477. The molecule has 0 unspecified atom stereocenters. The Morgan fingerprint density at radius 3 is 2.15 bits per heavy atom. The number of rotatable bonds is 4. The molecular formula is C20H14F3NO3. The lowest BCUT2D eigenvalue weighted by molar-refractivity contribution is -0.137. The van der Waals surface area contributed by atoms with Crippen LogP contribution in [0.15, 0.2) is 60.8 Å². The van der Waals surface area contributed by atoms with Crippen LogP contribution >= 0.6 is 0 Å². The number of hydrogen-bond donors (Lipinski definition) is 0. The Bertz CT molecular complexity index is 971. The van der Waals surface area contributed by atoms with E-state index in [2.05, 4.69) is 4.74 Å². The molecular weight excluding hydrogens is 359 g/mol. The third-order valence-electron chi connectivity index (χ3n) is 4.08. The number of hydrogen-bond acceptors (Lipinski definition) is 3. The molecule has 0 bridgehead atoms. The van der Waals surface area contributed by atoms with Gasteiger partial charge >= 0.3 is 12.1 Å². The highest BCUT2D eigenvalue weighted by Crippen LogP contribution is 2.31. The molecule has 0 fully saturated rings. The lowest BCUT2D eigenvalue weighted by Crippen LogP contribution is -2.03. The Morgan fingerprint density at radius 1 is 1.00 bits per heavy atom. The number of methoxy groups -OCH3 is 1. The van der Waals surface area contributed by atoms with Crippen molar-refractivity contribution >= 4 is 12.3 Å². The molecule has 0 N–H and O–H groups in total. The first-order valence-corrected chi connectivity index (χ1v) is 7.87. The van der Waals surface area contributed by atoms with Gasteiger partial charge in [0, 0.05) is 17.4 Å². The zero-order valence-electron chi connectivity index (χ0n) is 14.2. The van der Waals surface area contributed by atoms with E-state index < -0.39 is 17.7 Å². The minimum absolute atomic E-state index is 0.329. The highest BCUT2D eigenvalue weighted by molar-refractivity contribution is 5.89. The maximum absolute atomic E-state index is 12.7. The minimum Gasteiger partial charge on any atom is -0.465 e. The smallest absolute Gasteiger partial charge is 0.416 e. The number of aromatic nitrogens is 1. The number of esters is 1. The van der Waals surface area contributed by atoms with Crippen molar-refractivity contribution in [3.63, 3.8) is 0 Å². The number of aldehydes is 1. The Hall–Kier alpha value is -3.35. The molecule has 138 valence electrons. The molecule has 0 atom stereocenters. The van der Waals surface area contributed by atoms with Gasteiger partial charge in [0.2, 0.25) is 0 Å². The van der Waals surface area contributed by atoms with Gasteiger partial charge in [-0.25, -0.2) is 4.79 Å². The molecule has 0 amide bonds. The maximum atomic E-state index is 12.7. The van der Waals surface area contributed by atoms with Crippen LogP contribution in [0.3, 0.4) is 0 Å². The molecule has 3 rings (SSSR count). The summed E-state index contributed by atoms with van der Waals surface area (Å²) < 4.78 is 44.3. The Labute approximate surface area is 152 Å². The molecule has 0 spiro atoms. The fraction of sp³-hybridized carbons (Fsp3) is 0.100. The molecule has 1 aromatic heterocycles. The fourth-order valence-electron chi connectivity index (χ4n) is 2.68. The molecule has 4 nitrogen and oxygen atoms in total. The third-order valence-corrected chi connectivity index (χ3v) is 4.08. The van der Waals surface area contributed by atoms with Crippen molar-refractivity contribution in [2.45, 2.75) is 6.18 Å². The second-order valence-electron chi connectivity index (χ2n) is 5.76. The van der Waals surface area contributed by atoms with Gasteiger partial charge in [0.25, 0.3) is 0 Å². The van der Waals surface area contributed by atoms with Gasteiger partial charge in [-0.15, -0.1) is 0 Å². The summed E-state index contributed by atoms with van der Waals surface area (Å²) >= 11 is 0. The standard InChI is InChI=1S/C20H14F3NO3/c1-27-19(26)14-4-8-17(9-5-14)24-11-15(10-18(24)12-25)13-2-6-16(7-3-13)20(21,22)23/h2-12H,1H3. The van der Waals surface area contributed by atoms with Crippen molar-refractivity contribution in [1.29, 1.82) is 0 Å². The molecule has 2 aromatic carbocycles. The van der Waals surface area contributed by atoms with Gasteiger partial charge in [-0.05, 0) is 48.0 Å². The van der Waals surface area contributed by atoms with E-state index in [0.29, 0.717) is 34.4 Å². The summed E-state index contributed by atoms with van der Waals surface area (Å²) in [5.41, 5.74) is 1.74. The van der Waals surface area contributed by atoms with E-state index in [0.717, 1.165) is 12.1 Å². The zero-order chi connectivity index (χ0) is 19.6. The van der Waals surface area contributed by atoms with Gasteiger partial charge in [0.05, 0.1) is 23.9 Å². The van der Waals surface area contributed by atoms with E-state index in [1.165, 1.54) is 19.2 Å². The predicted octanol–water partition coefficient (Wildman–Crippen LogP) is 4.76. The summed E-state index contributed by atoms with van der Waals surface area (Å²) in [6, 6.07) is 12.7. The van der Waals surface area contributed by atoms with E-state index >= 15 is 0 Å². The number of nitrogens with zero attached hydrogens (tertiary/aromatic N) is 1. The summed E-state index contributed by atoms with van der Waals surface area (Å²) in [5, 5.41) is 0. The zero-order valence-corrected chi connectivity index (χ0v) is 14.2. The largest absolute Gasteiger partial charge is 0.465 e. The molecule has 1 heterocycles. The van der Waals surface area contributed by atoms with Gasteiger partial charge in [0.1, 0.15) is 0 Å². The average Bonchev–Trinajstić information content (AvgIpc) is 3.11. The molecule has 0 radical (unpaired) electrons. The summed E-state index contributed by atoms with van der Waals surface area (Å²) in [4.78, 5) is 22.9. The van der Waals surface area contributed by atoms with Crippen LogP contribution in [0, 0.1) is 0 Å². The van der Waals surface area contributed by atoms with Crippen molar-refractivity contribution in [2.75, 3.05) is 7.11 Å². The van der Waals surface area contributed by atoms with Gasteiger partial charge in [-0.3, -0.25) is 4.79 Å². The topological polar surface area (TPSA) is 48.3 Å². The Balaban J connectivity index is 1.96. The van der Waals surface area contributed by atoms with Crippen LogP contribution in [-0.2, 0) is 10.9 Å². The van der Waals surface area contributed by atoms with Crippen molar-refractivity contribution < 1.29 is 27.5 Å². The van der Waals surface area contributed by atoms with Crippen LogP contribution in [0.2, 0.25) is 0 Å². The van der Waals surface area contributed by atoms with Crippen LogP contribution in [0.5, 0.6) is 0 Å². The molecule has 0 aliphatic carbocycles. The van der Waals surface area contributed by atoms with Crippen molar-refractivity contribution in [3.05, 3.63) is 77.6 Å². The van der Waals surface area contributed by atoms with E-state index in [4.69, 9.17) is 0 Å². The predicted molar refractivity (Wildman–Crippen MR) is 92.9 cm³/mol. The highest BCUT2D eigenvalue weighted by atomic mass is 19.4. The van der Waals surface area contributed by atoms with E-state index in [-0.39, 0.29) is 0 Å². The van der Waals surface area contributed by atoms with Crippen molar-refractivity contribution in [3.8, 4) is 16.8 Å². The number of halogens is 3. The van der Waals surface area contributed by atoms with Crippen LogP contribution in [0.1, 0.15) is 26.4 Å². The normalized spacial score (nSPS) is 11.3. The molecule has 0 aliphatic heterocycles.